The first-order valence-electron chi connectivity index (χ1n) is 12.3. The molecule has 0 fully saturated rings. The lowest BCUT2D eigenvalue weighted by Crippen LogP contribution is -2.55. The van der Waals surface area contributed by atoms with E-state index in [1.165, 1.54) is 21.3 Å². The van der Waals surface area contributed by atoms with Crippen molar-refractivity contribution >= 4 is 16.9 Å². The Morgan fingerprint density at radius 3 is 2.37 bits per heavy atom. The van der Waals surface area contributed by atoms with Gasteiger partial charge in [-0.05, 0) is 53.4 Å². The topological polar surface area (TPSA) is 125 Å². The fourth-order valence-corrected chi connectivity index (χ4v) is 5.15. The Kier molecular flexibility index (Phi) is 7.13. The molecular formula is C29H31N3O6. The van der Waals surface area contributed by atoms with Gasteiger partial charge < -0.3 is 29.4 Å². The molecule has 0 aliphatic carbocycles. The number of aromatic hydroxyl groups is 2. The standard InChI is InChI=1S/C29H31N3O6/c1-36-23-13-17(14-24(37-2)28(23)34)26-27-20(19-6-4-5-7-21(19)31-27)15-25(32-26)30-22(29(35)38-3)12-16-8-10-18(33)11-9-16/h4-11,13-14,22,25-26,30-34H,12,15H2,1-3H3/t22-,25-,26+/m0/s1. The average molecular weight is 518 g/mol. The minimum absolute atomic E-state index is 0.0687. The first-order valence-corrected chi connectivity index (χ1v) is 12.3. The van der Waals surface area contributed by atoms with Crippen LogP contribution in [0.15, 0.2) is 60.7 Å². The molecule has 4 aromatic rings. The molecule has 0 spiro atoms. The molecule has 38 heavy (non-hydrogen) atoms. The Hall–Kier alpha value is -4.21. The number of hydrogen-bond donors (Lipinski definition) is 5. The molecular weight excluding hydrogens is 486 g/mol. The lowest BCUT2D eigenvalue weighted by molar-refractivity contribution is -0.143. The van der Waals surface area contributed by atoms with Crippen molar-refractivity contribution in [1.29, 1.82) is 0 Å². The third-order valence-electron chi connectivity index (χ3n) is 7.01. The van der Waals surface area contributed by atoms with Crippen molar-refractivity contribution in [2.75, 3.05) is 21.3 Å². The number of benzene rings is 3. The number of aromatic amines is 1. The maximum absolute atomic E-state index is 12.8. The van der Waals surface area contributed by atoms with Gasteiger partial charge in [0.1, 0.15) is 11.8 Å². The molecule has 1 aliphatic rings. The Balaban J connectivity index is 1.53. The number of methoxy groups -OCH3 is 3. The van der Waals surface area contributed by atoms with E-state index in [4.69, 9.17) is 14.2 Å². The zero-order valence-electron chi connectivity index (χ0n) is 21.4. The number of fused-ring (bicyclic) bond motifs is 3. The van der Waals surface area contributed by atoms with Gasteiger partial charge in [0.15, 0.2) is 11.5 Å². The molecule has 0 radical (unpaired) electrons. The number of phenols is 2. The Morgan fingerprint density at radius 2 is 1.71 bits per heavy atom. The van der Waals surface area contributed by atoms with Crippen LogP contribution in [0.25, 0.3) is 10.9 Å². The van der Waals surface area contributed by atoms with Gasteiger partial charge in [0.25, 0.3) is 0 Å². The van der Waals surface area contributed by atoms with E-state index >= 15 is 0 Å². The number of rotatable bonds is 8. The molecule has 3 aromatic carbocycles. The summed E-state index contributed by atoms with van der Waals surface area (Å²) in [5.74, 6) is 0.317. The van der Waals surface area contributed by atoms with Crippen LogP contribution in [0, 0.1) is 0 Å². The number of aromatic nitrogens is 1. The van der Waals surface area contributed by atoms with Crippen molar-refractivity contribution in [3.8, 4) is 23.0 Å². The van der Waals surface area contributed by atoms with Crippen LogP contribution in [-0.4, -0.2) is 54.7 Å². The molecule has 3 atom stereocenters. The number of carbonyl (C=O) groups is 1. The summed E-state index contributed by atoms with van der Waals surface area (Å²) >= 11 is 0. The summed E-state index contributed by atoms with van der Waals surface area (Å²) in [7, 11) is 4.36. The van der Waals surface area contributed by atoms with Crippen molar-refractivity contribution in [3.63, 3.8) is 0 Å². The molecule has 0 unspecified atom stereocenters. The fraction of sp³-hybridized carbons (Fsp3) is 0.276. The predicted molar refractivity (Wildman–Crippen MR) is 143 cm³/mol. The van der Waals surface area contributed by atoms with Crippen LogP contribution in [0.5, 0.6) is 23.0 Å². The second-order valence-corrected chi connectivity index (χ2v) is 9.31. The molecule has 2 heterocycles. The van der Waals surface area contributed by atoms with Crippen molar-refractivity contribution in [1.82, 2.24) is 15.6 Å². The second kappa shape index (κ2) is 10.6. The molecule has 9 nitrogen and oxygen atoms in total. The highest BCUT2D eigenvalue weighted by Gasteiger charge is 2.34. The van der Waals surface area contributed by atoms with Gasteiger partial charge in [0, 0.05) is 23.0 Å². The third-order valence-corrected chi connectivity index (χ3v) is 7.01. The molecule has 9 heteroatoms. The van der Waals surface area contributed by atoms with Gasteiger partial charge in [0.05, 0.1) is 33.5 Å². The van der Waals surface area contributed by atoms with E-state index in [-0.39, 0.29) is 29.7 Å². The summed E-state index contributed by atoms with van der Waals surface area (Å²) in [6.45, 7) is 0. The smallest absolute Gasteiger partial charge is 0.323 e. The van der Waals surface area contributed by atoms with E-state index in [2.05, 4.69) is 21.7 Å². The van der Waals surface area contributed by atoms with Gasteiger partial charge in [-0.15, -0.1) is 0 Å². The van der Waals surface area contributed by atoms with E-state index in [0.29, 0.717) is 24.3 Å². The van der Waals surface area contributed by atoms with Crippen LogP contribution in [0.3, 0.4) is 0 Å². The number of para-hydroxylation sites is 1. The fourth-order valence-electron chi connectivity index (χ4n) is 5.15. The van der Waals surface area contributed by atoms with E-state index in [1.54, 1.807) is 36.4 Å². The first-order chi connectivity index (χ1) is 18.4. The van der Waals surface area contributed by atoms with Crippen LogP contribution < -0.4 is 20.1 Å². The molecule has 1 aliphatic heterocycles. The zero-order valence-corrected chi connectivity index (χ0v) is 21.4. The van der Waals surface area contributed by atoms with Gasteiger partial charge in [-0.2, -0.15) is 0 Å². The van der Waals surface area contributed by atoms with Crippen LogP contribution in [-0.2, 0) is 22.4 Å². The van der Waals surface area contributed by atoms with Crippen LogP contribution in [0.2, 0.25) is 0 Å². The van der Waals surface area contributed by atoms with Crippen LogP contribution in [0.1, 0.15) is 28.4 Å². The molecule has 1 aromatic heterocycles. The van der Waals surface area contributed by atoms with E-state index in [0.717, 1.165) is 33.3 Å². The minimum atomic E-state index is -0.627. The summed E-state index contributed by atoms with van der Waals surface area (Å²) in [6.07, 6.45) is 0.710. The molecule has 0 saturated carbocycles. The minimum Gasteiger partial charge on any atom is -0.508 e. The highest BCUT2D eigenvalue weighted by Crippen LogP contribution is 2.42. The van der Waals surface area contributed by atoms with Gasteiger partial charge in [-0.25, -0.2) is 0 Å². The van der Waals surface area contributed by atoms with E-state index in [9.17, 15) is 15.0 Å². The van der Waals surface area contributed by atoms with Gasteiger partial charge >= 0.3 is 5.97 Å². The average Bonchev–Trinajstić information content (AvgIpc) is 3.32. The van der Waals surface area contributed by atoms with Crippen LogP contribution >= 0.6 is 0 Å². The maximum Gasteiger partial charge on any atom is 0.323 e. The number of nitrogens with one attached hydrogen (secondary N) is 3. The Labute approximate surface area is 220 Å². The molecule has 0 bridgehead atoms. The summed E-state index contributed by atoms with van der Waals surface area (Å²) < 4.78 is 15.9. The van der Waals surface area contributed by atoms with Crippen molar-refractivity contribution in [2.24, 2.45) is 0 Å². The van der Waals surface area contributed by atoms with Gasteiger partial charge in [-0.3, -0.25) is 15.4 Å². The highest BCUT2D eigenvalue weighted by atomic mass is 16.5. The van der Waals surface area contributed by atoms with Gasteiger partial charge in [-0.1, -0.05) is 30.3 Å². The molecule has 5 rings (SSSR count). The lowest BCUT2D eigenvalue weighted by atomic mass is 9.92. The third kappa shape index (κ3) is 4.85. The van der Waals surface area contributed by atoms with Crippen molar-refractivity contribution in [3.05, 3.63) is 83.0 Å². The van der Waals surface area contributed by atoms with Crippen molar-refractivity contribution < 1.29 is 29.2 Å². The summed E-state index contributed by atoms with van der Waals surface area (Å²) in [5, 5.41) is 28.3. The summed E-state index contributed by atoms with van der Waals surface area (Å²) in [5.41, 5.74) is 4.84. The van der Waals surface area contributed by atoms with E-state index < -0.39 is 6.04 Å². The first kappa shape index (κ1) is 25.4. The van der Waals surface area contributed by atoms with Crippen LogP contribution in [0.4, 0.5) is 0 Å². The Bertz CT molecular complexity index is 1420. The maximum atomic E-state index is 12.8. The normalized spacial score (nSPS) is 17.6. The zero-order chi connectivity index (χ0) is 26.8. The number of esters is 1. The quantitative estimate of drug-likeness (QED) is 0.225. The number of phenolic OH excluding ortho intramolecular Hbond substituents is 2. The molecule has 198 valence electrons. The number of carbonyl (C=O) groups excluding carboxylic acids is 1. The molecule has 0 saturated heterocycles. The monoisotopic (exact) mass is 517 g/mol. The SMILES string of the molecule is COC(=O)[C@H](Cc1ccc(O)cc1)N[C@@H]1Cc2c([nH]c3ccccc23)[C@@H](c2cc(OC)c(O)c(OC)c2)N1. The lowest BCUT2D eigenvalue weighted by Gasteiger charge is -2.34. The Morgan fingerprint density at radius 1 is 1.03 bits per heavy atom. The molecule has 5 N–H and O–H groups in total. The second-order valence-electron chi connectivity index (χ2n) is 9.31. The van der Waals surface area contributed by atoms with E-state index in [1.807, 2.05) is 18.2 Å². The number of ether oxygens (including phenoxy) is 3. The summed E-state index contributed by atoms with van der Waals surface area (Å²) in [6, 6.07) is 17.5. The predicted octanol–water partition coefficient (Wildman–Crippen LogP) is 3.53. The number of H-pyrrole nitrogens is 1. The highest BCUT2D eigenvalue weighted by molar-refractivity contribution is 5.85. The largest absolute Gasteiger partial charge is 0.508 e. The summed E-state index contributed by atoms with van der Waals surface area (Å²) in [4.78, 5) is 16.3. The molecule has 0 amide bonds. The van der Waals surface area contributed by atoms with Gasteiger partial charge in [0.2, 0.25) is 5.75 Å². The van der Waals surface area contributed by atoms with Crippen molar-refractivity contribution in [2.45, 2.75) is 31.1 Å². The number of hydrogen-bond acceptors (Lipinski definition) is 8.